The zero-order valence-electron chi connectivity index (χ0n) is 9.73. The van der Waals surface area contributed by atoms with Gasteiger partial charge in [-0.3, -0.25) is 4.90 Å². The normalized spacial score (nSPS) is 27.8. The van der Waals surface area contributed by atoms with Crippen LogP contribution in [0.1, 0.15) is 5.56 Å². The minimum absolute atomic E-state index is 0. The zero-order chi connectivity index (χ0) is 11.0. The van der Waals surface area contributed by atoms with Crippen LogP contribution in [0.3, 0.4) is 0 Å². The number of hydrogen-bond acceptors (Lipinski definition) is 2. The van der Waals surface area contributed by atoms with Gasteiger partial charge in [-0.1, -0.05) is 28.1 Å². The Kier molecular flexibility index (Phi) is 4.47. The Labute approximate surface area is 117 Å². The Balaban J connectivity index is 0.00000108. The SMILES string of the molecule is Brc1cccc(CN2C[C@H]3CNC[C@H]3C2)c1.Cl. The summed E-state index contributed by atoms with van der Waals surface area (Å²) in [5.41, 5.74) is 1.42. The Bertz CT molecular complexity index is 373. The van der Waals surface area contributed by atoms with Crippen molar-refractivity contribution in [2.24, 2.45) is 11.8 Å². The lowest BCUT2D eigenvalue weighted by Crippen LogP contribution is -2.25. The van der Waals surface area contributed by atoms with E-state index in [1.807, 2.05) is 0 Å². The summed E-state index contributed by atoms with van der Waals surface area (Å²) in [5, 5.41) is 3.48. The van der Waals surface area contributed by atoms with Crippen LogP contribution in [0.25, 0.3) is 0 Å². The Morgan fingerprint density at radius 2 is 1.94 bits per heavy atom. The van der Waals surface area contributed by atoms with Gasteiger partial charge >= 0.3 is 0 Å². The summed E-state index contributed by atoms with van der Waals surface area (Å²) in [7, 11) is 0. The smallest absolute Gasteiger partial charge is 0.0234 e. The maximum absolute atomic E-state index is 3.53. The molecule has 0 radical (unpaired) electrons. The van der Waals surface area contributed by atoms with Gasteiger partial charge in [0.2, 0.25) is 0 Å². The molecule has 2 atom stereocenters. The van der Waals surface area contributed by atoms with Crippen LogP contribution >= 0.6 is 28.3 Å². The number of nitrogens with zero attached hydrogens (tertiary/aromatic N) is 1. The van der Waals surface area contributed by atoms with Gasteiger partial charge in [-0.15, -0.1) is 12.4 Å². The summed E-state index contributed by atoms with van der Waals surface area (Å²) in [4.78, 5) is 2.60. The summed E-state index contributed by atoms with van der Waals surface area (Å²) < 4.78 is 1.19. The summed E-state index contributed by atoms with van der Waals surface area (Å²) in [6.07, 6.45) is 0. The van der Waals surface area contributed by atoms with Crippen LogP contribution in [0, 0.1) is 11.8 Å². The predicted molar refractivity (Wildman–Crippen MR) is 76.5 cm³/mol. The van der Waals surface area contributed by atoms with Gasteiger partial charge in [-0.05, 0) is 42.6 Å². The van der Waals surface area contributed by atoms with Crippen molar-refractivity contribution < 1.29 is 0 Å². The van der Waals surface area contributed by atoms with E-state index in [2.05, 4.69) is 50.4 Å². The predicted octanol–water partition coefficient (Wildman–Crippen LogP) is 2.52. The molecule has 0 saturated carbocycles. The highest BCUT2D eigenvalue weighted by molar-refractivity contribution is 9.10. The van der Waals surface area contributed by atoms with Gasteiger partial charge in [0, 0.05) is 24.1 Å². The van der Waals surface area contributed by atoms with Crippen LogP contribution in [0.2, 0.25) is 0 Å². The highest BCUT2D eigenvalue weighted by Gasteiger charge is 2.35. The van der Waals surface area contributed by atoms with Crippen molar-refractivity contribution in [2.45, 2.75) is 6.54 Å². The minimum Gasteiger partial charge on any atom is -0.316 e. The molecule has 0 spiro atoms. The Morgan fingerprint density at radius 1 is 1.24 bits per heavy atom. The minimum atomic E-state index is 0. The molecule has 0 amide bonds. The van der Waals surface area contributed by atoms with Crippen molar-refractivity contribution in [3.05, 3.63) is 34.3 Å². The first kappa shape index (κ1) is 13.3. The second-order valence-corrected chi connectivity index (χ2v) is 5.92. The van der Waals surface area contributed by atoms with Crippen molar-refractivity contribution in [1.82, 2.24) is 10.2 Å². The lowest BCUT2D eigenvalue weighted by Gasteiger charge is -2.17. The van der Waals surface area contributed by atoms with Gasteiger partial charge < -0.3 is 5.32 Å². The summed E-state index contributed by atoms with van der Waals surface area (Å²) in [6, 6.07) is 8.66. The van der Waals surface area contributed by atoms with E-state index < -0.39 is 0 Å². The largest absolute Gasteiger partial charge is 0.316 e. The first-order valence-electron chi connectivity index (χ1n) is 5.99. The van der Waals surface area contributed by atoms with Crippen molar-refractivity contribution in [3.63, 3.8) is 0 Å². The van der Waals surface area contributed by atoms with Gasteiger partial charge in [0.05, 0.1) is 0 Å². The molecule has 1 aromatic rings. The van der Waals surface area contributed by atoms with Gasteiger partial charge in [0.25, 0.3) is 0 Å². The number of fused-ring (bicyclic) bond motifs is 1. The third-order valence-corrected chi connectivity index (χ3v) is 4.25. The van der Waals surface area contributed by atoms with E-state index in [0.717, 1.165) is 18.4 Å². The van der Waals surface area contributed by atoms with Crippen LogP contribution in [-0.4, -0.2) is 31.1 Å². The standard InChI is InChI=1S/C13H17BrN2.ClH/c14-13-3-1-2-10(4-13)7-16-8-11-5-15-6-12(11)9-16;/h1-4,11-12,15H,5-9H2;1H/t11-,12+;. The van der Waals surface area contributed by atoms with Crippen molar-refractivity contribution in [1.29, 1.82) is 0 Å². The molecule has 94 valence electrons. The molecule has 0 unspecified atom stereocenters. The molecule has 1 aromatic carbocycles. The molecule has 2 aliphatic rings. The van der Waals surface area contributed by atoms with E-state index in [-0.39, 0.29) is 12.4 Å². The second-order valence-electron chi connectivity index (χ2n) is 5.00. The monoisotopic (exact) mass is 316 g/mol. The number of benzene rings is 1. The summed E-state index contributed by atoms with van der Waals surface area (Å²) >= 11 is 3.53. The molecular weight excluding hydrogens is 300 g/mol. The maximum atomic E-state index is 3.53. The molecule has 1 N–H and O–H groups in total. The van der Waals surface area contributed by atoms with Crippen LogP contribution in [0.5, 0.6) is 0 Å². The molecule has 3 rings (SSSR count). The van der Waals surface area contributed by atoms with E-state index >= 15 is 0 Å². The third kappa shape index (κ3) is 3.02. The summed E-state index contributed by atoms with van der Waals surface area (Å²) in [5.74, 6) is 1.79. The molecule has 0 aliphatic carbocycles. The van der Waals surface area contributed by atoms with Crippen LogP contribution in [0.4, 0.5) is 0 Å². The topological polar surface area (TPSA) is 15.3 Å². The first-order valence-corrected chi connectivity index (χ1v) is 6.78. The van der Waals surface area contributed by atoms with Gasteiger partial charge in [0.1, 0.15) is 0 Å². The fraction of sp³-hybridized carbons (Fsp3) is 0.538. The molecule has 2 saturated heterocycles. The lowest BCUT2D eigenvalue weighted by molar-refractivity contribution is 0.305. The van der Waals surface area contributed by atoms with Crippen LogP contribution < -0.4 is 5.32 Å². The van der Waals surface area contributed by atoms with Gasteiger partial charge in [-0.2, -0.15) is 0 Å². The fourth-order valence-corrected chi connectivity index (χ4v) is 3.42. The van der Waals surface area contributed by atoms with Gasteiger partial charge in [0.15, 0.2) is 0 Å². The molecule has 2 aliphatic heterocycles. The maximum Gasteiger partial charge on any atom is 0.0234 e. The molecule has 17 heavy (non-hydrogen) atoms. The molecular formula is C13H18BrClN2. The molecule has 2 nitrogen and oxygen atoms in total. The fourth-order valence-electron chi connectivity index (χ4n) is 2.98. The van der Waals surface area contributed by atoms with Crippen molar-refractivity contribution in [2.75, 3.05) is 26.2 Å². The highest BCUT2D eigenvalue weighted by Crippen LogP contribution is 2.27. The number of halogens is 2. The number of hydrogen-bond donors (Lipinski definition) is 1. The number of rotatable bonds is 2. The van der Waals surface area contributed by atoms with E-state index in [9.17, 15) is 0 Å². The van der Waals surface area contributed by atoms with Crippen molar-refractivity contribution in [3.8, 4) is 0 Å². The third-order valence-electron chi connectivity index (χ3n) is 3.76. The van der Waals surface area contributed by atoms with E-state index in [0.29, 0.717) is 0 Å². The van der Waals surface area contributed by atoms with Gasteiger partial charge in [-0.25, -0.2) is 0 Å². The van der Waals surface area contributed by atoms with E-state index in [4.69, 9.17) is 0 Å². The van der Waals surface area contributed by atoms with Crippen LogP contribution in [-0.2, 0) is 6.54 Å². The molecule has 2 heterocycles. The lowest BCUT2D eigenvalue weighted by atomic mass is 10.0. The van der Waals surface area contributed by atoms with Crippen LogP contribution in [0.15, 0.2) is 28.7 Å². The number of likely N-dealkylation sites (tertiary alicyclic amines) is 1. The first-order chi connectivity index (χ1) is 7.81. The highest BCUT2D eigenvalue weighted by atomic mass is 79.9. The quantitative estimate of drug-likeness (QED) is 0.902. The molecule has 0 aromatic heterocycles. The van der Waals surface area contributed by atoms with Crippen molar-refractivity contribution >= 4 is 28.3 Å². The molecule has 0 bridgehead atoms. The van der Waals surface area contributed by atoms with E-state index in [1.54, 1.807) is 0 Å². The Morgan fingerprint density at radius 3 is 2.59 bits per heavy atom. The Hall–Kier alpha value is -0.0900. The second kappa shape index (κ2) is 5.70. The average Bonchev–Trinajstić information content (AvgIpc) is 2.77. The number of nitrogens with one attached hydrogen (secondary N) is 1. The molecule has 2 fully saturated rings. The molecule has 4 heteroatoms. The summed E-state index contributed by atoms with van der Waals surface area (Å²) in [6.45, 7) is 6.08. The zero-order valence-corrected chi connectivity index (χ0v) is 12.1. The van der Waals surface area contributed by atoms with E-state index in [1.165, 1.54) is 36.2 Å². The average molecular weight is 318 g/mol.